The van der Waals surface area contributed by atoms with Gasteiger partial charge in [-0.05, 0) is 41.7 Å². The van der Waals surface area contributed by atoms with Crippen molar-refractivity contribution in [2.75, 3.05) is 5.75 Å². The molecule has 1 aromatic rings. The molecule has 0 fully saturated rings. The number of rotatable bonds is 5. The van der Waals surface area contributed by atoms with Crippen molar-refractivity contribution >= 4 is 11.8 Å². The van der Waals surface area contributed by atoms with Crippen molar-refractivity contribution in [3.05, 3.63) is 29.8 Å². The number of hydrogen-bond acceptors (Lipinski definition) is 2. The van der Waals surface area contributed by atoms with Gasteiger partial charge >= 0.3 is 0 Å². The van der Waals surface area contributed by atoms with Gasteiger partial charge in [-0.1, -0.05) is 39.8 Å². The van der Waals surface area contributed by atoms with Crippen LogP contribution in [-0.4, -0.2) is 5.75 Å². The third-order valence-electron chi connectivity index (χ3n) is 2.82. The van der Waals surface area contributed by atoms with Gasteiger partial charge in [0, 0.05) is 10.9 Å². The van der Waals surface area contributed by atoms with Crippen molar-refractivity contribution in [1.29, 1.82) is 0 Å². The zero-order valence-corrected chi connectivity index (χ0v) is 12.3. The van der Waals surface area contributed by atoms with Gasteiger partial charge in [-0.25, -0.2) is 0 Å². The standard InChI is InChI=1S/C15H25NS/c1-5-17-13-8-6-12(7-9-13)14(16)10-11-15(2,3)4/h6-9,14H,5,10-11,16H2,1-4H3. The maximum atomic E-state index is 6.22. The van der Waals surface area contributed by atoms with Crippen molar-refractivity contribution in [2.45, 2.75) is 51.5 Å². The Morgan fingerprint density at radius 3 is 2.24 bits per heavy atom. The SMILES string of the molecule is CCSc1ccc(C(N)CCC(C)(C)C)cc1. The Hall–Kier alpha value is -0.470. The van der Waals surface area contributed by atoms with Crippen LogP contribution >= 0.6 is 11.8 Å². The van der Waals surface area contributed by atoms with E-state index in [1.807, 2.05) is 11.8 Å². The Morgan fingerprint density at radius 2 is 1.76 bits per heavy atom. The normalized spacial score (nSPS) is 13.7. The molecule has 0 saturated heterocycles. The van der Waals surface area contributed by atoms with Gasteiger partial charge in [0.05, 0.1) is 0 Å². The molecule has 1 unspecified atom stereocenters. The average molecular weight is 251 g/mol. The number of benzene rings is 1. The molecule has 1 rings (SSSR count). The molecule has 1 atom stereocenters. The predicted octanol–water partition coefficient (Wildman–Crippen LogP) is 4.62. The second kappa shape index (κ2) is 6.46. The number of hydrogen-bond donors (Lipinski definition) is 1. The van der Waals surface area contributed by atoms with Crippen LogP contribution in [0.25, 0.3) is 0 Å². The van der Waals surface area contributed by atoms with E-state index in [0.717, 1.165) is 12.2 Å². The molecule has 2 N–H and O–H groups in total. The molecular weight excluding hydrogens is 226 g/mol. The van der Waals surface area contributed by atoms with Gasteiger partial charge in [0.2, 0.25) is 0 Å². The van der Waals surface area contributed by atoms with Gasteiger partial charge < -0.3 is 5.73 Å². The first-order valence-corrected chi connectivity index (χ1v) is 7.39. The highest BCUT2D eigenvalue weighted by Crippen LogP contribution is 2.27. The lowest BCUT2D eigenvalue weighted by atomic mass is 9.87. The van der Waals surface area contributed by atoms with E-state index in [2.05, 4.69) is 52.0 Å². The molecule has 0 aliphatic heterocycles. The summed E-state index contributed by atoms with van der Waals surface area (Å²) in [5, 5.41) is 0. The summed E-state index contributed by atoms with van der Waals surface area (Å²) in [7, 11) is 0. The van der Waals surface area contributed by atoms with Crippen molar-refractivity contribution in [3.63, 3.8) is 0 Å². The molecule has 1 aromatic carbocycles. The quantitative estimate of drug-likeness (QED) is 0.772. The maximum absolute atomic E-state index is 6.22. The number of nitrogens with two attached hydrogens (primary N) is 1. The second-order valence-corrected chi connectivity index (χ2v) is 7.05. The van der Waals surface area contributed by atoms with Gasteiger partial charge in [0.25, 0.3) is 0 Å². The van der Waals surface area contributed by atoms with E-state index in [9.17, 15) is 0 Å². The van der Waals surface area contributed by atoms with Crippen LogP contribution in [0.15, 0.2) is 29.2 Å². The molecule has 0 aliphatic rings. The zero-order valence-electron chi connectivity index (χ0n) is 11.5. The molecule has 96 valence electrons. The summed E-state index contributed by atoms with van der Waals surface area (Å²) in [6.45, 7) is 8.97. The monoisotopic (exact) mass is 251 g/mol. The van der Waals surface area contributed by atoms with Gasteiger partial charge in [-0.2, -0.15) is 0 Å². The van der Waals surface area contributed by atoms with Crippen molar-refractivity contribution in [3.8, 4) is 0 Å². The van der Waals surface area contributed by atoms with Crippen LogP contribution in [-0.2, 0) is 0 Å². The number of thioether (sulfide) groups is 1. The van der Waals surface area contributed by atoms with Crippen LogP contribution < -0.4 is 5.73 Å². The molecule has 0 aromatic heterocycles. The van der Waals surface area contributed by atoms with Crippen molar-refractivity contribution < 1.29 is 0 Å². The van der Waals surface area contributed by atoms with E-state index in [-0.39, 0.29) is 6.04 Å². The average Bonchev–Trinajstić information content (AvgIpc) is 2.26. The summed E-state index contributed by atoms with van der Waals surface area (Å²) >= 11 is 1.87. The van der Waals surface area contributed by atoms with Crippen molar-refractivity contribution in [1.82, 2.24) is 0 Å². The second-order valence-electron chi connectivity index (χ2n) is 5.71. The molecule has 0 radical (unpaired) electrons. The molecule has 1 nitrogen and oxygen atoms in total. The van der Waals surface area contributed by atoms with E-state index < -0.39 is 0 Å². The molecule has 0 saturated carbocycles. The lowest BCUT2D eigenvalue weighted by Crippen LogP contribution is -2.14. The van der Waals surface area contributed by atoms with Gasteiger partial charge in [-0.15, -0.1) is 11.8 Å². The zero-order chi connectivity index (χ0) is 12.9. The first-order chi connectivity index (χ1) is 7.92. The molecule has 0 aliphatic carbocycles. The molecule has 0 bridgehead atoms. The first-order valence-electron chi connectivity index (χ1n) is 6.41. The molecule has 0 spiro atoms. The summed E-state index contributed by atoms with van der Waals surface area (Å²) in [6.07, 6.45) is 2.23. The molecule has 17 heavy (non-hydrogen) atoms. The Bertz CT molecular complexity index is 324. The summed E-state index contributed by atoms with van der Waals surface area (Å²) in [6, 6.07) is 8.88. The first kappa shape index (κ1) is 14.6. The fourth-order valence-corrected chi connectivity index (χ4v) is 2.39. The highest BCUT2D eigenvalue weighted by atomic mass is 32.2. The molecule has 0 heterocycles. The highest BCUT2D eigenvalue weighted by molar-refractivity contribution is 7.99. The van der Waals surface area contributed by atoms with Crippen molar-refractivity contribution in [2.24, 2.45) is 11.1 Å². The Morgan fingerprint density at radius 1 is 1.18 bits per heavy atom. The van der Waals surface area contributed by atoms with E-state index in [1.54, 1.807) is 0 Å². The summed E-state index contributed by atoms with van der Waals surface area (Å²) in [5.41, 5.74) is 7.85. The Balaban J connectivity index is 2.54. The predicted molar refractivity (Wildman–Crippen MR) is 78.5 cm³/mol. The fourth-order valence-electron chi connectivity index (χ4n) is 1.73. The topological polar surface area (TPSA) is 26.0 Å². The van der Waals surface area contributed by atoms with Gasteiger partial charge in [-0.3, -0.25) is 0 Å². The van der Waals surface area contributed by atoms with E-state index >= 15 is 0 Å². The van der Waals surface area contributed by atoms with E-state index in [0.29, 0.717) is 5.41 Å². The smallest absolute Gasteiger partial charge is 0.0295 e. The Kier molecular flexibility index (Phi) is 5.54. The minimum Gasteiger partial charge on any atom is -0.324 e. The summed E-state index contributed by atoms with van der Waals surface area (Å²) < 4.78 is 0. The van der Waals surface area contributed by atoms with Gasteiger partial charge in [0.15, 0.2) is 0 Å². The van der Waals surface area contributed by atoms with Crippen LogP contribution in [0.1, 0.15) is 52.1 Å². The lowest BCUT2D eigenvalue weighted by molar-refractivity contribution is 0.350. The third kappa shape index (κ3) is 5.60. The maximum Gasteiger partial charge on any atom is 0.0295 e. The summed E-state index contributed by atoms with van der Waals surface area (Å²) in [4.78, 5) is 1.33. The third-order valence-corrected chi connectivity index (χ3v) is 3.72. The van der Waals surface area contributed by atoms with Crippen LogP contribution in [0.4, 0.5) is 0 Å². The van der Waals surface area contributed by atoms with Crippen LogP contribution in [0.5, 0.6) is 0 Å². The fraction of sp³-hybridized carbons (Fsp3) is 0.600. The molecular formula is C15H25NS. The van der Waals surface area contributed by atoms with Crippen LogP contribution in [0.3, 0.4) is 0 Å². The van der Waals surface area contributed by atoms with Gasteiger partial charge in [0.1, 0.15) is 0 Å². The summed E-state index contributed by atoms with van der Waals surface area (Å²) in [5.74, 6) is 1.12. The van der Waals surface area contributed by atoms with E-state index in [1.165, 1.54) is 16.9 Å². The Labute approximate surface area is 110 Å². The highest BCUT2D eigenvalue weighted by Gasteiger charge is 2.13. The van der Waals surface area contributed by atoms with Crippen LogP contribution in [0, 0.1) is 5.41 Å². The minimum atomic E-state index is 0.176. The van der Waals surface area contributed by atoms with E-state index in [4.69, 9.17) is 5.73 Å². The lowest BCUT2D eigenvalue weighted by Gasteiger charge is -2.21. The van der Waals surface area contributed by atoms with Crippen LogP contribution in [0.2, 0.25) is 0 Å². The largest absolute Gasteiger partial charge is 0.324 e. The molecule has 0 amide bonds. The molecule has 2 heteroatoms. The minimum absolute atomic E-state index is 0.176.